The van der Waals surface area contributed by atoms with Crippen LogP contribution < -0.4 is 4.22 Å². The van der Waals surface area contributed by atoms with Gasteiger partial charge in [0.1, 0.15) is 0 Å². The van der Waals surface area contributed by atoms with Gasteiger partial charge in [0.15, 0.2) is 0 Å². The molecule has 0 amide bonds. The Bertz CT molecular complexity index is 485. The van der Waals surface area contributed by atoms with E-state index >= 15 is 0 Å². The van der Waals surface area contributed by atoms with E-state index in [1.54, 1.807) is 0 Å². The number of benzene rings is 1. The van der Waals surface area contributed by atoms with E-state index in [4.69, 9.17) is 4.22 Å². The molecule has 0 saturated heterocycles. The van der Waals surface area contributed by atoms with E-state index in [0.717, 1.165) is 0 Å². The molecule has 2 rings (SSSR count). The predicted molar refractivity (Wildman–Crippen MR) is 95.5 cm³/mol. The summed E-state index contributed by atoms with van der Waals surface area (Å²) in [6, 6.07) is 8.79. The molecule has 1 aromatic rings. The molecule has 5 heteroatoms. The Morgan fingerprint density at radius 2 is 1.65 bits per heavy atom. The van der Waals surface area contributed by atoms with Crippen molar-refractivity contribution in [2.75, 3.05) is 0 Å². The predicted octanol–water partition coefficient (Wildman–Crippen LogP) is 4.83. The molecule has 0 bridgehead atoms. The monoisotopic (exact) mass is 367 g/mol. The third kappa shape index (κ3) is 3.26. The zero-order chi connectivity index (χ0) is 13.6. The number of fused-ring (bicyclic) bond motifs is 1. The standard InChI is InChI=1S/C9H7.C4H9.C2H7Si.2ClH.H2N.Ti/c1-2-5-9-7-3-6-8(9)4-1;1-4(2)3;1-3-2;;;;/h1-7H;1-3H3;3H,1-2H3;2*1H;1H2;/q;;;;;-1;+1. The molecule has 1 aliphatic rings. The Hall–Kier alpha value is 0.431. The second-order valence-corrected chi connectivity index (χ2v) is 24.7. The van der Waals surface area contributed by atoms with Gasteiger partial charge in [-0.1, -0.05) is 0 Å². The minimum absolute atomic E-state index is 0. The van der Waals surface area contributed by atoms with Gasteiger partial charge in [-0.3, -0.25) is 0 Å². The third-order valence-electron chi connectivity index (χ3n) is 4.57. The van der Waals surface area contributed by atoms with Crippen LogP contribution in [0, 0.1) is 0 Å². The number of rotatable bonds is 2. The first-order valence-electron chi connectivity index (χ1n) is 6.84. The zero-order valence-corrected chi connectivity index (χ0v) is 17.4. The number of nitrogens with two attached hydrogens (primary N) is 1. The number of hydrogen-bond acceptors (Lipinski definition) is 1. The Kier molecular flexibility index (Phi) is 7.28. The summed E-state index contributed by atoms with van der Waals surface area (Å²) in [5.74, 6) is 0. The average Bonchev–Trinajstić information content (AvgIpc) is 2.70. The van der Waals surface area contributed by atoms with E-state index in [2.05, 4.69) is 70.3 Å². The topological polar surface area (TPSA) is 26.0 Å². The van der Waals surface area contributed by atoms with E-state index < -0.39 is 22.8 Å². The minimum atomic E-state index is -2.39. The van der Waals surface area contributed by atoms with Gasteiger partial charge in [0.05, 0.1) is 0 Å². The second kappa shape index (κ2) is 7.13. The van der Waals surface area contributed by atoms with Crippen molar-refractivity contribution in [1.82, 2.24) is 0 Å². The van der Waals surface area contributed by atoms with Gasteiger partial charge in [-0.05, 0) is 0 Å². The molecular weight excluding hydrogens is 341 g/mol. The summed E-state index contributed by atoms with van der Waals surface area (Å²) in [5.41, 5.74) is 2.89. The minimum Gasteiger partial charge on any atom is -0.147 e. The number of allylic oxidation sites excluding steroid dienone is 1. The van der Waals surface area contributed by atoms with Crippen LogP contribution in [0.1, 0.15) is 36.1 Å². The van der Waals surface area contributed by atoms with Crippen molar-refractivity contribution in [2.24, 2.45) is 4.22 Å². The molecule has 0 spiro atoms. The Morgan fingerprint density at radius 3 is 2.15 bits per heavy atom. The molecular formula is C15H27Cl2NSiTi. The van der Waals surface area contributed by atoms with E-state index in [1.165, 1.54) is 11.1 Å². The van der Waals surface area contributed by atoms with Crippen molar-refractivity contribution >= 4 is 37.6 Å². The van der Waals surface area contributed by atoms with Gasteiger partial charge in [0.25, 0.3) is 0 Å². The molecule has 1 nitrogen and oxygen atoms in total. The van der Waals surface area contributed by atoms with E-state index in [1.807, 2.05) is 0 Å². The van der Waals surface area contributed by atoms with E-state index in [9.17, 15) is 0 Å². The molecule has 0 saturated carbocycles. The van der Waals surface area contributed by atoms with E-state index in [0.29, 0.717) is 7.94 Å². The normalized spacial score (nSPS) is 19.9. The molecule has 2 atom stereocenters. The summed E-state index contributed by atoms with van der Waals surface area (Å²) in [7, 11) is 0. The number of halogens is 2. The van der Waals surface area contributed by atoms with Crippen LogP contribution in [-0.4, -0.2) is 6.66 Å². The van der Waals surface area contributed by atoms with Crippen LogP contribution in [0.4, 0.5) is 0 Å². The number of hydrogen-bond donors (Lipinski definition) is 1. The average molecular weight is 368 g/mol. The molecule has 0 fully saturated rings. The van der Waals surface area contributed by atoms with Crippen LogP contribution in [0.2, 0.25) is 16.8 Å². The van der Waals surface area contributed by atoms with Crippen LogP contribution in [0.25, 0.3) is 6.08 Å². The van der Waals surface area contributed by atoms with Gasteiger partial charge in [0.2, 0.25) is 0 Å². The third-order valence-corrected chi connectivity index (χ3v) is 26.9. The fourth-order valence-corrected chi connectivity index (χ4v) is 21.8. The Labute approximate surface area is 140 Å². The fourth-order valence-electron chi connectivity index (χ4n) is 3.36. The van der Waals surface area contributed by atoms with Crippen LogP contribution in [0.15, 0.2) is 30.3 Å². The maximum atomic E-state index is 7.14. The first kappa shape index (κ1) is 20.4. The summed E-state index contributed by atoms with van der Waals surface area (Å²) < 4.78 is 8.01. The van der Waals surface area contributed by atoms with Crippen molar-refractivity contribution in [3.8, 4) is 0 Å². The van der Waals surface area contributed by atoms with Gasteiger partial charge in [-0.2, -0.15) is 0 Å². The molecule has 0 radical (unpaired) electrons. The maximum absolute atomic E-state index is 7.14. The summed E-state index contributed by atoms with van der Waals surface area (Å²) in [6.45, 7) is 11.2. The molecule has 20 heavy (non-hydrogen) atoms. The van der Waals surface area contributed by atoms with Gasteiger partial charge in [0, 0.05) is 0 Å². The van der Waals surface area contributed by atoms with Crippen molar-refractivity contribution < 1.29 is 16.1 Å². The zero-order valence-electron chi connectivity index (χ0n) is 13.0. The molecule has 2 N–H and O–H groups in total. The molecule has 2 unspecified atom stereocenters. The van der Waals surface area contributed by atoms with Gasteiger partial charge < -0.3 is 0 Å². The maximum Gasteiger partial charge on any atom is -0.147 e. The summed E-state index contributed by atoms with van der Waals surface area (Å²) in [5, 5.41) is 0. The van der Waals surface area contributed by atoms with Crippen molar-refractivity contribution in [3.63, 3.8) is 0 Å². The SMILES string of the molecule is C[SiH](C)[Ti]([NH2])([CH]1C=Cc2ccccc21)[C](C)(C)C.Cl.Cl. The largest absolute Gasteiger partial charge is 0.147 e. The summed E-state index contributed by atoms with van der Waals surface area (Å²) >= 11 is -2.39. The van der Waals surface area contributed by atoms with Crippen molar-refractivity contribution in [1.29, 1.82) is 0 Å². The fraction of sp³-hybridized carbons (Fsp3) is 0.467. The quantitative estimate of drug-likeness (QED) is 0.744. The molecule has 1 aliphatic carbocycles. The van der Waals surface area contributed by atoms with E-state index in [-0.39, 0.29) is 24.8 Å². The van der Waals surface area contributed by atoms with Gasteiger partial charge in [-0.25, -0.2) is 0 Å². The van der Waals surface area contributed by atoms with Crippen LogP contribution in [0.3, 0.4) is 0 Å². The first-order valence-corrected chi connectivity index (χ1v) is 15.0. The van der Waals surface area contributed by atoms with Crippen LogP contribution in [0.5, 0.6) is 0 Å². The van der Waals surface area contributed by atoms with Crippen LogP contribution >= 0.6 is 24.8 Å². The molecule has 0 heterocycles. The van der Waals surface area contributed by atoms with Crippen LogP contribution in [-0.2, 0) is 16.1 Å². The Balaban J connectivity index is 0.00000180. The first-order chi connectivity index (χ1) is 8.28. The molecule has 0 aromatic heterocycles. The molecule has 0 aliphatic heterocycles. The smallest absolute Gasteiger partial charge is 0.147 e. The molecule has 114 valence electrons. The van der Waals surface area contributed by atoms with Gasteiger partial charge >= 0.3 is 116 Å². The van der Waals surface area contributed by atoms with Gasteiger partial charge in [-0.15, -0.1) is 24.8 Å². The Morgan fingerprint density at radius 1 is 1.10 bits per heavy atom. The van der Waals surface area contributed by atoms with Crippen molar-refractivity contribution in [3.05, 3.63) is 41.5 Å². The summed E-state index contributed by atoms with van der Waals surface area (Å²) in [6.07, 6.45) is 4.69. The van der Waals surface area contributed by atoms with Crippen molar-refractivity contribution in [2.45, 2.75) is 41.8 Å². The molecule has 1 aromatic carbocycles. The summed E-state index contributed by atoms with van der Waals surface area (Å²) in [4.78, 5) is 0. The second-order valence-electron chi connectivity index (χ2n) is 6.80.